The van der Waals surface area contributed by atoms with Gasteiger partial charge in [0.25, 0.3) is 5.91 Å². The van der Waals surface area contributed by atoms with Crippen LogP contribution in [0.3, 0.4) is 0 Å². The normalized spacial score (nSPS) is 13.1. The molecule has 2 aromatic carbocycles. The minimum Gasteiger partial charge on any atom is -0.322 e. The van der Waals surface area contributed by atoms with Crippen LogP contribution >= 0.6 is 15.9 Å². The third kappa shape index (κ3) is 2.61. The Kier molecular flexibility index (Phi) is 3.57. The minimum absolute atomic E-state index is 0.233. The predicted molar refractivity (Wildman–Crippen MR) is 80.5 cm³/mol. The van der Waals surface area contributed by atoms with E-state index in [0.717, 1.165) is 18.5 Å². The molecule has 1 aliphatic carbocycles. The number of fused-ring (bicyclic) bond motifs is 1. The van der Waals surface area contributed by atoms with Crippen molar-refractivity contribution in [2.24, 2.45) is 0 Å². The van der Waals surface area contributed by atoms with Crippen LogP contribution in [0, 0.1) is 5.82 Å². The molecule has 0 saturated heterocycles. The van der Waals surface area contributed by atoms with Crippen molar-refractivity contribution >= 4 is 27.5 Å². The van der Waals surface area contributed by atoms with Gasteiger partial charge in [-0.2, -0.15) is 0 Å². The van der Waals surface area contributed by atoms with Gasteiger partial charge in [0.15, 0.2) is 0 Å². The number of hydrogen-bond donors (Lipinski definition) is 1. The Hall–Kier alpha value is -1.68. The van der Waals surface area contributed by atoms with Gasteiger partial charge >= 0.3 is 0 Å². The summed E-state index contributed by atoms with van der Waals surface area (Å²) >= 11 is 3.09. The second kappa shape index (κ2) is 5.37. The van der Waals surface area contributed by atoms with Gasteiger partial charge < -0.3 is 5.32 Å². The highest BCUT2D eigenvalue weighted by Crippen LogP contribution is 2.25. The summed E-state index contributed by atoms with van der Waals surface area (Å²) in [5.74, 6) is -0.609. The number of amides is 1. The zero-order valence-corrected chi connectivity index (χ0v) is 12.3. The van der Waals surface area contributed by atoms with Crippen LogP contribution in [0.15, 0.2) is 40.9 Å². The number of nitrogens with one attached hydrogen (secondary N) is 1. The monoisotopic (exact) mass is 333 g/mol. The van der Waals surface area contributed by atoms with E-state index >= 15 is 0 Å². The molecule has 2 nitrogen and oxygen atoms in total. The first-order valence-corrected chi connectivity index (χ1v) is 7.31. The predicted octanol–water partition coefficient (Wildman–Crippen LogP) is 4.33. The maximum absolute atomic E-state index is 13.2. The van der Waals surface area contributed by atoms with Gasteiger partial charge in [-0.05, 0) is 76.7 Å². The average molecular weight is 334 g/mol. The number of halogens is 2. The van der Waals surface area contributed by atoms with E-state index in [4.69, 9.17) is 0 Å². The van der Waals surface area contributed by atoms with Gasteiger partial charge in [0.05, 0.1) is 4.47 Å². The Balaban J connectivity index is 1.80. The third-order valence-electron chi connectivity index (χ3n) is 3.54. The molecule has 0 fully saturated rings. The van der Waals surface area contributed by atoms with E-state index in [1.807, 2.05) is 12.1 Å². The van der Waals surface area contributed by atoms with Crippen molar-refractivity contribution in [3.8, 4) is 0 Å². The topological polar surface area (TPSA) is 29.1 Å². The number of benzene rings is 2. The van der Waals surface area contributed by atoms with Crippen LogP contribution in [0.2, 0.25) is 0 Å². The molecule has 0 atom stereocenters. The lowest BCUT2D eigenvalue weighted by molar-refractivity contribution is 0.102. The molecule has 0 aliphatic heterocycles. The third-order valence-corrected chi connectivity index (χ3v) is 4.15. The average Bonchev–Trinajstić information content (AvgIpc) is 2.89. The molecule has 1 amide bonds. The fraction of sp³-hybridized carbons (Fsp3) is 0.188. The SMILES string of the molecule is O=C(Nc1ccc2c(c1)CCC2)c1ccc(F)c(Br)c1. The Bertz CT molecular complexity index is 684. The Morgan fingerprint density at radius 1 is 1.10 bits per heavy atom. The van der Waals surface area contributed by atoms with Crippen LogP contribution in [0.5, 0.6) is 0 Å². The van der Waals surface area contributed by atoms with Crippen molar-refractivity contribution in [3.05, 3.63) is 63.4 Å². The van der Waals surface area contributed by atoms with Gasteiger partial charge in [-0.25, -0.2) is 4.39 Å². The number of rotatable bonds is 2. The lowest BCUT2D eigenvalue weighted by Gasteiger charge is -2.08. The molecule has 102 valence electrons. The molecule has 1 aliphatic rings. The zero-order valence-electron chi connectivity index (χ0n) is 10.7. The summed E-state index contributed by atoms with van der Waals surface area (Å²) < 4.78 is 13.5. The second-order valence-corrected chi connectivity index (χ2v) is 5.77. The lowest BCUT2D eigenvalue weighted by Crippen LogP contribution is -2.12. The van der Waals surface area contributed by atoms with Gasteiger partial charge in [-0.15, -0.1) is 0 Å². The molecule has 2 aromatic rings. The molecule has 0 heterocycles. The maximum Gasteiger partial charge on any atom is 0.255 e. The van der Waals surface area contributed by atoms with E-state index in [9.17, 15) is 9.18 Å². The molecule has 0 bridgehead atoms. The van der Waals surface area contributed by atoms with Gasteiger partial charge in [-0.1, -0.05) is 6.07 Å². The van der Waals surface area contributed by atoms with Crippen molar-refractivity contribution in [2.45, 2.75) is 19.3 Å². The summed E-state index contributed by atoms with van der Waals surface area (Å²) in [4.78, 5) is 12.1. The zero-order chi connectivity index (χ0) is 14.1. The van der Waals surface area contributed by atoms with Gasteiger partial charge in [0, 0.05) is 11.3 Å². The van der Waals surface area contributed by atoms with Crippen LogP contribution in [0.25, 0.3) is 0 Å². The first kappa shape index (κ1) is 13.3. The van der Waals surface area contributed by atoms with Crippen molar-refractivity contribution in [1.29, 1.82) is 0 Å². The van der Waals surface area contributed by atoms with Crippen molar-refractivity contribution in [1.82, 2.24) is 0 Å². The second-order valence-electron chi connectivity index (χ2n) is 4.92. The molecule has 1 N–H and O–H groups in total. The van der Waals surface area contributed by atoms with Gasteiger partial charge in [0.2, 0.25) is 0 Å². The van der Waals surface area contributed by atoms with E-state index in [1.54, 1.807) is 0 Å². The molecule has 4 heteroatoms. The van der Waals surface area contributed by atoms with Crippen molar-refractivity contribution in [2.75, 3.05) is 5.32 Å². The Morgan fingerprint density at radius 3 is 2.70 bits per heavy atom. The number of carbonyl (C=O) groups excluding carboxylic acids is 1. The number of carbonyl (C=O) groups is 1. The molecule has 0 aromatic heterocycles. The molecule has 3 rings (SSSR count). The largest absolute Gasteiger partial charge is 0.322 e. The lowest BCUT2D eigenvalue weighted by atomic mass is 10.1. The summed E-state index contributed by atoms with van der Waals surface area (Å²) in [6, 6.07) is 10.3. The van der Waals surface area contributed by atoms with Crippen molar-refractivity contribution in [3.63, 3.8) is 0 Å². The quantitative estimate of drug-likeness (QED) is 0.870. The van der Waals surface area contributed by atoms with Crippen molar-refractivity contribution < 1.29 is 9.18 Å². The van der Waals surface area contributed by atoms with Gasteiger partial charge in [0.1, 0.15) is 5.82 Å². The molecule has 0 radical (unpaired) electrons. The van der Waals surface area contributed by atoms with Crippen LogP contribution in [0.1, 0.15) is 27.9 Å². The van der Waals surface area contributed by atoms with E-state index in [0.29, 0.717) is 10.0 Å². The van der Waals surface area contributed by atoms with E-state index in [-0.39, 0.29) is 11.7 Å². The number of aryl methyl sites for hydroxylation is 2. The standard InChI is InChI=1S/C16H13BrFNO/c17-14-9-12(5-7-15(14)18)16(20)19-13-6-4-10-2-1-3-11(10)8-13/h4-9H,1-3H2,(H,19,20). The smallest absolute Gasteiger partial charge is 0.255 e. The van der Waals surface area contributed by atoms with E-state index < -0.39 is 0 Å². The summed E-state index contributed by atoms with van der Waals surface area (Å²) in [5.41, 5.74) is 3.89. The molecular weight excluding hydrogens is 321 g/mol. The van der Waals surface area contributed by atoms with Crippen LogP contribution in [0.4, 0.5) is 10.1 Å². The van der Waals surface area contributed by atoms with Gasteiger partial charge in [-0.3, -0.25) is 4.79 Å². The molecule has 0 spiro atoms. The highest BCUT2D eigenvalue weighted by atomic mass is 79.9. The summed E-state index contributed by atoms with van der Waals surface area (Å²) in [6.45, 7) is 0. The summed E-state index contributed by atoms with van der Waals surface area (Å²) in [5, 5.41) is 2.85. The first-order valence-electron chi connectivity index (χ1n) is 6.52. The van der Waals surface area contributed by atoms with Crippen LogP contribution in [-0.4, -0.2) is 5.91 Å². The number of anilines is 1. The number of hydrogen-bond acceptors (Lipinski definition) is 1. The molecular formula is C16H13BrFNO. The Morgan fingerprint density at radius 2 is 1.90 bits per heavy atom. The fourth-order valence-corrected chi connectivity index (χ4v) is 2.87. The minimum atomic E-state index is -0.376. The Labute approximate surface area is 125 Å². The summed E-state index contributed by atoms with van der Waals surface area (Å²) in [7, 11) is 0. The van der Waals surface area contributed by atoms with Crippen LogP contribution < -0.4 is 5.32 Å². The fourth-order valence-electron chi connectivity index (χ4n) is 2.49. The molecule has 0 unspecified atom stereocenters. The van der Waals surface area contributed by atoms with E-state index in [2.05, 4.69) is 27.3 Å². The first-order chi connectivity index (χ1) is 9.63. The molecule has 0 saturated carbocycles. The highest BCUT2D eigenvalue weighted by Gasteiger charge is 2.13. The van der Waals surface area contributed by atoms with Crippen LogP contribution in [-0.2, 0) is 12.8 Å². The van der Waals surface area contributed by atoms with E-state index in [1.165, 1.54) is 35.7 Å². The highest BCUT2D eigenvalue weighted by molar-refractivity contribution is 9.10. The maximum atomic E-state index is 13.2. The summed E-state index contributed by atoms with van der Waals surface area (Å²) in [6.07, 6.45) is 3.37. The molecule has 20 heavy (non-hydrogen) atoms.